The van der Waals surface area contributed by atoms with E-state index in [-0.39, 0.29) is 11.5 Å². The van der Waals surface area contributed by atoms with Crippen molar-refractivity contribution in [3.63, 3.8) is 0 Å². The monoisotopic (exact) mass is 302 g/mol. The second-order valence-electron chi connectivity index (χ2n) is 6.39. The second-order valence-corrected chi connectivity index (χ2v) is 6.83. The van der Waals surface area contributed by atoms with E-state index < -0.39 is 0 Å². The van der Waals surface area contributed by atoms with Crippen LogP contribution in [0.2, 0.25) is 5.02 Å². The predicted molar refractivity (Wildman–Crippen MR) is 90.4 cm³/mol. The first-order valence-corrected chi connectivity index (χ1v) is 7.59. The maximum atomic E-state index is 6.07. The van der Waals surface area contributed by atoms with Crippen molar-refractivity contribution < 1.29 is 0 Å². The Morgan fingerprint density at radius 2 is 1.81 bits per heavy atom. The molecule has 2 rings (SSSR count). The third-order valence-corrected chi connectivity index (χ3v) is 3.91. The Bertz CT molecular complexity index is 602. The Labute approximate surface area is 132 Å². The standard InChI is InChI=1S/C18H23ClN2/c1-18(2,3)16-10-5-4-9-15(16)17(21-20)12-13-7-6-8-14(19)11-13/h4-11,17,21H,12,20H2,1-3H3. The first kappa shape index (κ1) is 16.0. The normalized spacial score (nSPS) is 13.2. The minimum absolute atomic E-state index is 0.0684. The Balaban J connectivity index is 2.34. The van der Waals surface area contributed by atoms with Crippen LogP contribution in [0.5, 0.6) is 0 Å². The SMILES string of the molecule is CC(C)(C)c1ccccc1C(Cc1cccc(Cl)c1)NN. The molecule has 0 aliphatic carbocycles. The number of benzene rings is 2. The van der Waals surface area contributed by atoms with Gasteiger partial charge in [0, 0.05) is 5.02 Å². The fourth-order valence-corrected chi connectivity index (χ4v) is 2.86. The first-order valence-electron chi connectivity index (χ1n) is 7.22. The van der Waals surface area contributed by atoms with Crippen molar-refractivity contribution in [3.05, 3.63) is 70.2 Å². The summed E-state index contributed by atoms with van der Waals surface area (Å²) in [7, 11) is 0. The van der Waals surface area contributed by atoms with Crippen LogP contribution in [0, 0.1) is 0 Å². The van der Waals surface area contributed by atoms with Crippen LogP contribution >= 0.6 is 11.6 Å². The molecule has 0 fully saturated rings. The van der Waals surface area contributed by atoms with Gasteiger partial charge >= 0.3 is 0 Å². The highest BCUT2D eigenvalue weighted by atomic mass is 35.5. The summed E-state index contributed by atoms with van der Waals surface area (Å²) >= 11 is 6.07. The van der Waals surface area contributed by atoms with Crippen molar-refractivity contribution in [2.45, 2.75) is 38.6 Å². The molecule has 21 heavy (non-hydrogen) atoms. The molecule has 0 amide bonds. The van der Waals surface area contributed by atoms with Gasteiger partial charge in [0.25, 0.3) is 0 Å². The van der Waals surface area contributed by atoms with Crippen LogP contribution in [-0.4, -0.2) is 0 Å². The summed E-state index contributed by atoms with van der Waals surface area (Å²) in [5.74, 6) is 5.82. The van der Waals surface area contributed by atoms with Crippen LogP contribution in [0.3, 0.4) is 0 Å². The van der Waals surface area contributed by atoms with Crippen molar-refractivity contribution in [2.75, 3.05) is 0 Å². The fourth-order valence-electron chi connectivity index (χ4n) is 2.64. The van der Waals surface area contributed by atoms with Crippen LogP contribution < -0.4 is 11.3 Å². The van der Waals surface area contributed by atoms with Crippen LogP contribution in [0.1, 0.15) is 43.5 Å². The van der Waals surface area contributed by atoms with Crippen molar-refractivity contribution in [3.8, 4) is 0 Å². The highest BCUT2D eigenvalue weighted by Crippen LogP contribution is 2.31. The highest BCUT2D eigenvalue weighted by molar-refractivity contribution is 6.30. The molecule has 2 aromatic rings. The molecule has 2 aromatic carbocycles. The molecule has 112 valence electrons. The quantitative estimate of drug-likeness (QED) is 0.649. The lowest BCUT2D eigenvalue weighted by Crippen LogP contribution is -2.31. The Morgan fingerprint density at radius 3 is 2.43 bits per heavy atom. The molecule has 0 bridgehead atoms. The van der Waals surface area contributed by atoms with Gasteiger partial charge in [-0.3, -0.25) is 11.3 Å². The number of nitrogens with one attached hydrogen (secondary N) is 1. The molecule has 2 nitrogen and oxygen atoms in total. The Hall–Kier alpha value is -1.35. The summed E-state index contributed by atoms with van der Waals surface area (Å²) in [6.07, 6.45) is 0.810. The van der Waals surface area contributed by atoms with Gasteiger partial charge < -0.3 is 0 Å². The molecule has 0 aliphatic heterocycles. The molecule has 0 saturated carbocycles. The number of hydrogen-bond donors (Lipinski definition) is 2. The molecule has 3 heteroatoms. The van der Waals surface area contributed by atoms with Crippen molar-refractivity contribution >= 4 is 11.6 Å². The molecule has 0 aromatic heterocycles. The van der Waals surface area contributed by atoms with E-state index in [0.29, 0.717) is 0 Å². The van der Waals surface area contributed by atoms with Gasteiger partial charge in [-0.2, -0.15) is 0 Å². The molecule has 1 atom stereocenters. The molecule has 0 heterocycles. The molecular weight excluding hydrogens is 280 g/mol. The summed E-state index contributed by atoms with van der Waals surface area (Å²) in [4.78, 5) is 0. The van der Waals surface area contributed by atoms with Gasteiger partial charge in [0.2, 0.25) is 0 Å². The van der Waals surface area contributed by atoms with Crippen molar-refractivity contribution in [1.29, 1.82) is 0 Å². The third kappa shape index (κ3) is 4.07. The van der Waals surface area contributed by atoms with Gasteiger partial charge in [0.05, 0.1) is 6.04 Å². The average molecular weight is 303 g/mol. The van der Waals surface area contributed by atoms with E-state index in [1.54, 1.807) is 0 Å². The molecule has 0 radical (unpaired) electrons. The Kier molecular flexibility index (Phi) is 5.04. The lowest BCUT2D eigenvalue weighted by atomic mass is 9.81. The van der Waals surface area contributed by atoms with Crippen LogP contribution in [-0.2, 0) is 11.8 Å². The number of halogens is 1. The van der Waals surface area contributed by atoms with Crippen LogP contribution in [0.4, 0.5) is 0 Å². The second kappa shape index (κ2) is 6.61. The topological polar surface area (TPSA) is 38.0 Å². The van der Waals surface area contributed by atoms with E-state index in [1.807, 2.05) is 18.2 Å². The average Bonchev–Trinajstić information content (AvgIpc) is 2.44. The minimum atomic E-state index is 0.0684. The summed E-state index contributed by atoms with van der Waals surface area (Å²) in [5, 5.41) is 0.757. The van der Waals surface area contributed by atoms with Crippen LogP contribution in [0.15, 0.2) is 48.5 Å². The molecular formula is C18H23ClN2. The third-order valence-electron chi connectivity index (χ3n) is 3.67. The zero-order valence-electron chi connectivity index (χ0n) is 12.9. The summed E-state index contributed by atoms with van der Waals surface area (Å²) in [5.41, 5.74) is 6.77. The van der Waals surface area contributed by atoms with E-state index in [4.69, 9.17) is 17.4 Å². The Morgan fingerprint density at radius 1 is 1.10 bits per heavy atom. The predicted octanol–water partition coefficient (Wildman–Crippen LogP) is 4.38. The van der Waals surface area contributed by atoms with Crippen molar-refractivity contribution in [2.24, 2.45) is 5.84 Å². The molecule has 0 spiro atoms. The van der Waals surface area contributed by atoms with E-state index in [9.17, 15) is 0 Å². The van der Waals surface area contributed by atoms with Gasteiger partial charge in [-0.1, -0.05) is 68.8 Å². The lowest BCUT2D eigenvalue weighted by molar-refractivity contribution is 0.518. The van der Waals surface area contributed by atoms with Gasteiger partial charge in [-0.25, -0.2) is 0 Å². The molecule has 0 aliphatic rings. The van der Waals surface area contributed by atoms with E-state index >= 15 is 0 Å². The smallest absolute Gasteiger partial charge is 0.0503 e. The van der Waals surface area contributed by atoms with Gasteiger partial charge in [0.15, 0.2) is 0 Å². The summed E-state index contributed by atoms with van der Waals surface area (Å²) < 4.78 is 0. The first-order chi connectivity index (χ1) is 9.91. The molecule has 3 N–H and O–H groups in total. The number of hydrazine groups is 1. The summed E-state index contributed by atoms with van der Waals surface area (Å²) in [6, 6.07) is 16.5. The minimum Gasteiger partial charge on any atom is -0.271 e. The zero-order valence-corrected chi connectivity index (χ0v) is 13.6. The number of hydrogen-bond acceptors (Lipinski definition) is 2. The van der Waals surface area contributed by atoms with Gasteiger partial charge in [-0.15, -0.1) is 0 Å². The fraction of sp³-hybridized carbons (Fsp3) is 0.333. The molecule has 1 unspecified atom stereocenters. The zero-order chi connectivity index (χ0) is 15.5. The van der Waals surface area contributed by atoms with Crippen LogP contribution in [0.25, 0.3) is 0 Å². The van der Waals surface area contributed by atoms with Gasteiger partial charge in [-0.05, 0) is 40.7 Å². The summed E-state index contributed by atoms with van der Waals surface area (Å²) in [6.45, 7) is 6.66. The maximum absolute atomic E-state index is 6.07. The van der Waals surface area contributed by atoms with E-state index in [0.717, 1.165) is 11.4 Å². The van der Waals surface area contributed by atoms with E-state index in [1.165, 1.54) is 16.7 Å². The van der Waals surface area contributed by atoms with E-state index in [2.05, 4.69) is 56.5 Å². The number of rotatable bonds is 4. The largest absolute Gasteiger partial charge is 0.271 e. The van der Waals surface area contributed by atoms with Crippen molar-refractivity contribution in [1.82, 2.24) is 5.43 Å². The highest BCUT2D eigenvalue weighted by Gasteiger charge is 2.22. The van der Waals surface area contributed by atoms with Gasteiger partial charge in [0.1, 0.15) is 0 Å². The number of nitrogens with two attached hydrogens (primary N) is 1. The molecule has 0 saturated heterocycles. The maximum Gasteiger partial charge on any atom is 0.0503 e. The lowest BCUT2D eigenvalue weighted by Gasteiger charge is -2.27.